The van der Waals surface area contributed by atoms with Crippen LogP contribution in [0.4, 0.5) is 0 Å². The van der Waals surface area contributed by atoms with Gasteiger partial charge in [-0.15, -0.1) is 0 Å². The second-order valence-electron chi connectivity index (χ2n) is 4.82. The minimum Gasteiger partial charge on any atom is -0.378 e. The Balaban J connectivity index is 1.81. The molecule has 5 nitrogen and oxygen atoms in total. The van der Waals surface area contributed by atoms with Gasteiger partial charge in [0.1, 0.15) is 0 Å². The van der Waals surface area contributed by atoms with E-state index in [1.54, 1.807) is 0 Å². The first-order chi connectivity index (χ1) is 8.22. The lowest BCUT2D eigenvalue weighted by Crippen LogP contribution is -2.36. The van der Waals surface area contributed by atoms with E-state index in [1.165, 1.54) is 0 Å². The van der Waals surface area contributed by atoms with Crippen molar-refractivity contribution in [3.8, 4) is 0 Å². The maximum Gasteiger partial charge on any atom is 0.0580 e. The molecule has 1 aromatic heterocycles. The van der Waals surface area contributed by atoms with E-state index in [-0.39, 0.29) is 6.04 Å². The molecule has 17 heavy (non-hydrogen) atoms. The molecule has 0 aliphatic heterocycles. The fourth-order valence-corrected chi connectivity index (χ4v) is 2.49. The number of hydrazine groups is 1. The SMILES string of the molecule is CCOC1CC(CC(NN)c2cnn(C)c2)C1. The largest absolute Gasteiger partial charge is 0.378 e. The summed E-state index contributed by atoms with van der Waals surface area (Å²) in [6, 6.07) is 0.205. The average Bonchev–Trinajstić information content (AvgIpc) is 2.68. The van der Waals surface area contributed by atoms with Crippen molar-refractivity contribution in [1.29, 1.82) is 0 Å². The van der Waals surface area contributed by atoms with Gasteiger partial charge in [-0.25, -0.2) is 0 Å². The highest BCUT2D eigenvalue weighted by Crippen LogP contribution is 2.36. The first kappa shape index (κ1) is 12.5. The van der Waals surface area contributed by atoms with Crippen LogP contribution in [-0.2, 0) is 11.8 Å². The number of hydrogen-bond donors (Lipinski definition) is 2. The van der Waals surface area contributed by atoms with Crippen molar-refractivity contribution in [2.24, 2.45) is 18.8 Å². The Kier molecular flexibility index (Phi) is 4.15. The predicted molar refractivity (Wildman–Crippen MR) is 66.0 cm³/mol. The smallest absolute Gasteiger partial charge is 0.0580 e. The van der Waals surface area contributed by atoms with Gasteiger partial charge in [0.15, 0.2) is 0 Å². The van der Waals surface area contributed by atoms with Crippen molar-refractivity contribution in [3.63, 3.8) is 0 Å². The third kappa shape index (κ3) is 3.06. The Labute approximate surface area is 102 Å². The molecule has 1 aromatic rings. The van der Waals surface area contributed by atoms with Gasteiger partial charge < -0.3 is 4.74 Å². The standard InChI is InChI=1S/C12H22N4O/c1-3-17-11-4-9(5-11)6-12(15-13)10-7-14-16(2)8-10/h7-9,11-12,15H,3-6,13H2,1-2H3. The fourth-order valence-electron chi connectivity index (χ4n) is 2.49. The summed E-state index contributed by atoms with van der Waals surface area (Å²) in [4.78, 5) is 0. The van der Waals surface area contributed by atoms with Crippen LogP contribution < -0.4 is 11.3 Å². The van der Waals surface area contributed by atoms with Gasteiger partial charge in [-0.1, -0.05) is 0 Å². The number of hydrogen-bond acceptors (Lipinski definition) is 4. The highest BCUT2D eigenvalue weighted by atomic mass is 16.5. The van der Waals surface area contributed by atoms with E-state index in [2.05, 4.69) is 10.5 Å². The number of nitrogens with one attached hydrogen (secondary N) is 1. The zero-order valence-electron chi connectivity index (χ0n) is 10.6. The van der Waals surface area contributed by atoms with Crippen LogP contribution in [0.5, 0.6) is 0 Å². The second-order valence-corrected chi connectivity index (χ2v) is 4.82. The number of ether oxygens (including phenoxy) is 1. The first-order valence-electron chi connectivity index (χ1n) is 6.29. The quantitative estimate of drug-likeness (QED) is 0.576. The van der Waals surface area contributed by atoms with Crippen molar-refractivity contribution < 1.29 is 4.74 Å². The van der Waals surface area contributed by atoms with Gasteiger partial charge >= 0.3 is 0 Å². The molecular formula is C12H22N4O. The van der Waals surface area contributed by atoms with Gasteiger partial charge in [-0.3, -0.25) is 16.0 Å². The molecule has 0 amide bonds. The van der Waals surface area contributed by atoms with Crippen molar-refractivity contribution in [2.45, 2.75) is 38.3 Å². The number of rotatable bonds is 6. The summed E-state index contributed by atoms with van der Waals surface area (Å²) in [5.41, 5.74) is 4.05. The van der Waals surface area contributed by atoms with Crippen molar-refractivity contribution >= 4 is 0 Å². The molecule has 0 spiro atoms. The minimum atomic E-state index is 0.205. The lowest BCUT2D eigenvalue weighted by Gasteiger charge is -2.36. The zero-order valence-corrected chi connectivity index (χ0v) is 10.6. The minimum absolute atomic E-state index is 0.205. The second kappa shape index (κ2) is 5.62. The van der Waals surface area contributed by atoms with E-state index in [9.17, 15) is 0 Å². The Bertz CT molecular complexity index is 346. The van der Waals surface area contributed by atoms with Crippen molar-refractivity contribution in [3.05, 3.63) is 18.0 Å². The van der Waals surface area contributed by atoms with Crippen LogP contribution >= 0.6 is 0 Å². The molecule has 1 unspecified atom stereocenters. The summed E-state index contributed by atoms with van der Waals surface area (Å²) >= 11 is 0. The monoisotopic (exact) mass is 238 g/mol. The van der Waals surface area contributed by atoms with Crippen molar-refractivity contribution in [2.75, 3.05) is 6.61 Å². The molecule has 0 radical (unpaired) electrons. The highest BCUT2D eigenvalue weighted by Gasteiger charge is 2.31. The maximum absolute atomic E-state index is 5.62. The van der Waals surface area contributed by atoms with E-state index in [0.717, 1.165) is 31.4 Å². The van der Waals surface area contributed by atoms with Gasteiger partial charge in [-0.05, 0) is 32.1 Å². The molecule has 96 valence electrons. The number of aryl methyl sites for hydroxylation is 1. The maximum atomic E-state index is 5.62. The van der Waals surface area contributed by atoms with Crippen LogP contribution in [0.2, 0.25) is 0 Å². The van der Waals surface area contributed by atoms with Crippen molar-refractivity contribution in [1.82, 2.24) is 15.2 Å². The van der Waals surface area contributed by atoms with Gasteiger partial charge in [-0.2, -0.15) is 5.10 Å². The van der Waals surface area contributed by atoms with Gasteiger partial charge in [0.2, 0.25) is 0 Å². The van der Waals surface area contributed by atoms with Gasteiger partial charge in [0.25, 0.3) is 0 Å². The molecule has 0 saturated heterocycles. The summed E-state index contributed by atoms with van der Waals surface area (Å²) in [6.45, 7) is 2.87. The predicted octanol–water partition coefficient (Wildman–Crippen LogP) is 1.13. The van der Waals surface area contributed by atoms with E-state index in [4.69, 9.17) is 10.6 Å². The summed E-state index contributed by atoms with van der Waals surface area (Å²) in [5.74, 6) is 6.33. The molecule has 0 aromatic carbocycles. The first-order valence-corrected chi connectivity index (χ1v) is 6.29. The topological polar surface area (TPSA) is 65.1 Å². The van der Waals surface area contributed by atoms with Gasteiger partial charge in [0, 0.05) is 31.5 Å². The molecule has 1 saturated carbocycles. The van der Waals surface area contributed by atoms with Crippen LogP contribution in [0.15, 0.2) is 12.4 Å². The van der Waals surface area contributed by atoms with Crippen LogP contribution in [0.3, 0.4) is 0 Å². The average molecular weight is 238 g/mol. The lowest BCUT2D eigenvalue weighted by molar-refractivity contribution is -0.0291. The summed E-state index contributed by atoms with van der Waals surface area (Å²) in [7, 11) is 1.92. The summed E-state index contributed by atoms with van der Waals surface area (Å²) < 4.78 is 7.37. The number of nitrogens with zero attached hydrogens (tertiary/aromatic N) is 2. The van der Waals surface area contributed by atoms with Crippen LogP contribution in [0, 0.1) is 5.92 Å². The Hall–Kier alpha value is -0.910. The van der Waals surface area contributed by atoms with E-state index in [0.29, 0.717) is 12.0 Å². The zero-order chi connectivity index (χ0) is 12.3. The third-order valence-corrected chi connectivity index (χ3v) is 3.49. The van der Waals surface area contributed by atoms with Crippen LogP contribution in [0.25, 0.3) is 0 Å². The molecule has 3 N–H and O–H groups in total. The Morgan fingerprint density at radius 2 is 2.41 bits per heavy atom. The van der Waals surface area contributed by atoms with E-state index >= 15 is 0 Å². The molecule has 0 bridgehead atoms. The molecule has 2 rings (SSSR count). The van der Waals surface area contributed by atoms with Crippen LogP contribution in [0.1, 0.15) is 37.8 Å². The third-order valence-electron chi connectivity index (χ3n) is 3.49. The van der Waals surface area contributed by atoms with E-state index < -0.39 is 0 Å². The van der Waals surface area contributed by atoms with E-state index in [1.807, 2.05) is 31.0 Å². The number of aromatic nitrogens is 2. The molecular weight excluding hydrogens is 216 g/mol. The highest BCUT2D eigenvalue weighted by molar-refractivity contribution is 5.10. The fraction of sp³-hybridized carbons (Fsp3) is 0.750. The Morgan fingerprint density at radius 3 is 2.94 bits per heavy atom. The molecule has 5 heteroatoms. The molecule has 1 aliphatic rings. The van der Waals surface area contributed by atoms with Gasteiger partial charge in [0.05, 0.1) is 12.3 Å². The molecule has 1 heterocycles. The molecule has 1 atom stereocenters. The normalized spacial score (nSPS) is 25.6. The molecule has 1 fully saturated rings. The Morgan fingerprint density at radius 1 is 1.65 bits per heavy atom. The lowest BCUT2D eigenvalue weighted by atomic mass is 9.77. The number of nitrogens with two attached hydrogens (primary N) is 1. The molecule has 1 aliphatic carbocycles. The summed E-state index contributed by atoms with van der Waals surface area (Å²) in [6.07, 6.45) is 7.74. The van der Waals surface area contributed by atoms with Crippen LogP contribution in [-0.4, -0.2) is 22.5 Å². The summed E-state index contributed by atoms with van der Waals surface area (Å²) in [5, 5.41) is 4.18.